The molecule has 0 aromatic heterocycles. The lowest BCUT2D eigenvalue weighted by atomic mass is 9.99. The number of hydrogen-bond donors (Lipinski definition) is 3. The Kier molecular flexibility index (Phi) is 8.54. The normalized spacial score (nSPS) is 19.7. The number of rotatable bonds is 9. The Morgan fingerprint density at radius 1 is 1.03 bits per heavy atom. The number of nitrogens with zero attached hydrogens (tertiary/aromatic N) is 1. The van der Waals surface area contributed by atoms with Crippen molar-refractivity contribution in [3.63, 3.8) is 0 Å². The van der Waals surface area contributed by atoms with E-state index in [0.717, 1.165) is 55.2 Å². The Labute approximate surface area is 230 Å². The average molecular weight is 524 g/mol. The minimum absolute atomic E-state index is 0.0285. The van der Waals surface area contributed by atoms with E-state index in [0.29, 0.717) is 17.3 Å². The molecule has 6 nitrogen and oxygen atoms in total. The maximum Gasteiger partial charge on any atom is 0.258 e. The molecule has 39 heavy (non-hydrogen) atoms. The third-order valence-electron chi connectivity index (χ3n) is 7.67. The summed E-state index contributed by atoms with van der Waals surface area (Å²) in [5, 5.41) is 17.3. The standard InChI is InChI=1S/C33H37N3O3/c1-2-8-24-19-26-11-6-7-12-29(26)33(39)36(21-24)22-31(37)35-27-15-13-23(14-16-27)20-28-17-18-30(34-28)32(38)25-9-4-3-5-10-25/h3-7,9-16,21,28,30,32,34,38H,2,8,17-20,22H2,1H3,(H,35,37). The van der Waals surface area contributed by atoms with E-state index < -0.39 is 6.10 Å². The zero-order valence-corrected chi connectivity index (χ0v) is 22.5. The van der Waals surface area contributed by atoms with Crippen LogP contribution in [-0.2, 0) is 17.6 Å². The molecule has 0 saturated carbocycles. The minimum Gasteiger partial charge on any atom is -0.387 e. The molecule has 6 heteroatoms. The predicted molar refractivity (Wildman–Crippen MR) is 154 cm³/mol. The van der Waals surface area contributed by atoms with Crippen LogP contribution in [0.5, 0.6) is 0 Å². The highest BCUT2D eigenvalue weighted by Gasteiger charge is 2.30. The van der Waals surface area contributed by atoms with Crippen molar-refractivity contribution in [2.24, 2.45) is 0 Å². The van der Waals surface area contributed by atoms with Gasteiger partial charge in [0.2, 0.25) is 5.91 Å². The van der Waals surface area contributed by atoms with Crippen LogP contribution < -0.4 is 10.6 Å². The second-order valence-corrected chi connectivity index (χ2v) is 10.7. The number of nitrogens with one attached hydrogen (secondary N) is 2. The lowest BCUT2D eigenvalue weighted by Crippen LogP contribution is -2.35. The summed E-state index contributed by atoms with van der Waals surface area (Å²) >= 11 is 0. The molecule has 3 N–H and O–H groups in total. The number of carbonyl (C=O) groups excluding carboxylic acids is 2. The van der Waals surface area contributed by atoms with E-state index in [9.17, 15) is 14.7 Å². The van der Waals surface area contributed by atoms with E-state index in [2.05, 4.69) is 17.6 Å². The number of amides is 2. The van der Waals surface area contributed by atoms with Crippen molar-refractivity contribution in [1.82, 2.24) is 10.2 Å². The first-order chi connectivity index (χ1) is 19.0. The summed E-state index contributed by atoms with van der Waals surface area (Å²) in [5.74, 6) is -0.361. The quantitative estimate of drug-likeness (QED) is 0.351. The van der Waals surface area contributed by atoms with Crippen molar-refractivity contribution in [2.75, 3.05) is 11.9 Å². The first-order valence-electron chi connectivity index (χ1n) is 14.0. The molecule has 1 saturated heterocycles. The maximum absolute atomic E-state index is 13.2. The zero-order chi connectivity index (χ0) is 27.2. The van der Waals surface area contributed by atoms with Gasteiger partial charge < -0.3 is 20.6 Å². The summed E-state index contributed by atoms with van der Waals surface area (Å²) in [6.07, 6.45) is 6.77. The highest BCUT2D eigenvalue weighted by Crippen LogP contribution is 2.27. The molecule has 0 spiro atoms. The van der Waals surface area contributed by atoms with Gasteiger partial charge in [0.05, 0.1) is 6.10 Å². The third-order valence-corrected chi connectivity index (χ3v) is 7.67. The van der Waals surface area contributed by atoms with Gasteiger partial charge in [0.1, 0.15) is 6.54 Å². The fourth-order valence-corrected chi connectivity index (χ4v) is 5.71. The van der Waals surface area contributed by atoms with Crippen LogP contribution in [0.25, 0.3) is 0 Å². The summed E-state index contributed by atoms with van der Waals surface area (Å²) in [6.45, 7) is 2.09. The smallest absolute Gasteiger partial charge is 0.258 e. The minimum atomic E-state index is -0.508. The molecule has 3 aromatic carbocycles. The molecule has 3 aromatic rings. The van der Waals surface area contributed by atoms with Crippen LogP contribution in [0.4, 0.5) is 5.69 Å². The Morgan fingerprint density at radius 3 is 2.54 bits per heavy atom. The first-order valence-corrected chi connectivity index (χ1v) is 14.0. The van der Waals surface area contributed by atoms with Gasteiger partial charge in [-0.25, -0.2) is 0 Å². The second kappa shape index (κ2) is 12.4. The van der Waals surface area contributed by atoms with Crippen molar-refractivity contribution < 1.29 is 14.7 Å². The van der Waals surface area contributed by atoms with E-state index >= 15 is 0 Å². The van der Waals surface area contributed by atoms with Gasteiger partial charge in [-0.15, -0.1) is 0 Å². The van der Waals surface area contributed by atoms with Gasteiger partial charge in [0.25, 0.3) is 5.91 Å². The molecule has 3 atom stereocenters. The van der Waals surface area contributed by atoms with E-state index in [1.165, 1.54) is 5.56 Å². The van der Waals surface area contributed by atoms with Gasteiger partial charge >= 0.3 is 0 Å². The number of aliphatic hydroxyl groups excluding tert-OH is 1. The monoisotopic (exact) mass is 523 g/mol. The lowest BCUT2D eigenvalue weighted by molar-refractivity contribution is -0.116. The lowest BCUT2D eigenvalue weighted by Gasteiger charge is -2.20. The average Bonchev–Trinajstić information content (AvgIpc) is 3.37. The molecule has 2 heterocycles. The Balaban J connectivity index is 1.16. The molecule has 3 unspecified atom stereocenters. The van der Waals surface area contributed by atoms with Crippen LogP contribution in [-0.4, -0.2) is 40.4 Å². The van der Waals surface area contributed by atoms with E-state index in [1.807, 2.05) is 85.1 Å². The van der Waals surface area contributed by atoms with Crippen molar-refractivity contribution in [1.29, 1.82) is 0 Å². The summed E-state index contributed by atoms with van der Waals surface area (Å²) in [6, 6.07) is 25.7. The molecule has 5 rings (SSSR count). The van der Waals surface area contributed by atoms with E-state index in [1.54, 1.807) is 4.90 Å². The number of aliphatic hydroxyl groups is 1. The Bertz CT molecular complexity index is 1320. The van der Waals surface area contributed by atoms with Crippen LogP contribution >= 0.6 is 0 Å². The van der Waals surface area contributed by atoms with Crippen LogP contribution in [0.1, 0.15) is 65.8 Å². The second-order valence-electron chi connectivity index (χ2n) is 10.7. The zero-order valence-electron chi connectivity index (χ0n) is 22.5. The molecule has 0 bridgehead atoms. The van der Waals surface area contributed by atoms with Crippen molar-refractivity contribution in [2.45, 2.75) is 63.6 Å². The van der Waals surface area contributed by atoms with Gasteiger partial charge in [0, 0.05) is 29.5 Å². The largest absolute Gasteiger partial charge is 0.387 e. The number of carbonyl (C=O) groups is 2. The summed E-state index contributed by atoms with van der Waals surface area (Å²) in [4.78, 5) is 27.7. The molecule has 1 fully saturated rings. The van der Waals surface area contributed by atoms with Crippen LogP contribution in [0, 0.1) is 0 Å². The highest BCUT2D eigenvalue weighted by atomic mass is 16.3. The topological polar surface area (TPSA) is 81.7 Å². The molecule has 0 radical (unpaired) electrons. The summed E-state index contributed by atoms with van der Waals surface area (Å²) in [5.41, 5.74) is 5.66. The van der Waals surface area contributed by atoms with Gasteiger partial charge in [-0.2, -0.15) is 0 Å². The fourth-order valence-electron chi connectivity index (χ4n) is 5.71. The number of fused-ring (bicyclic) bond motifs is 1. The number of anilines is 1. The maximum atomic E-state index is 13.2. The SMILES string of the molecule is CCCC1=CN(CC(=O)Nc2ccc(CC3CCC(C(O)c4ccccc4)N3)cc2)C(=O)c2ccccc2C1. The van der Waals surface area contributed by atoms with E-state index in [4.69, 9.17) is 0 Å². The van der Waals surface area contributed by atoms with Crippen LogP contribution in [0.15, 0.2) is 90.6 Å². The highest BCUT2D eigenvalue weighted by molar-refractivity contribution is 6.01. The summed E-state index contributed by atoms with van der Waals surface area (Å²) < 4.78 is 0. The predicted octanol–water partition coefficient (Wildman–Crippen LogP) is 5.40. The number of benzene rings is 3. The molecule has 2 aliphatic heterocycles. The summed E-state index contributed by atoms with van der Waals surface area (Å²) in [7, 11) is 0. The van der Waals surface area contributed by atoms with Gasteiger partial charge in [-0.05, 0) is 72.6 Å². The number of allylic oxidation sites excluding steroid dienone is 1. The molecule has 202 valence electrons. The van der Waals surface area contributed by atoms with Gasteiger partial charge in [-0.1, -0.05) is 74.0 Å². The molecular formula is C33H37N3O3. The van der Waals surface area contributed by atoms with Crippen LogP contribution in [0.2, 0.25) is 0 Å². The Morgan fingerprint density at radius 2 is 1.77 bits per heavy atom. The van der Waals surface area contributed by atoms with Crippen molar-refractivity contribution >= 4 is 17.5 Å². The fraction of sp³-hybridized carbons (Fsp3) is 0.333. The number of hydrogen-bond acceptors (Lipinski definition) is 4. The van der Waals surface area contributed by atoms with Gasteiger partial charge in [0.15, 0.2) is 0 Å². The first kappa shape index (κ1) is 26.9. The van der Waals surface area contributed by atoms with Crippen molar-refractivity contribution in [3.05, 3.63) is 113 Å². The van der Waals surface area contributed by atoms with Crippen LogP contribution in [0.3, 0.4) is 0 Å². The molecule has 0 aliphatic carbocycles. The molecule has 2 amide bonds. The molecular weight excluding hydrogens is 486 g/mol. The Hall–Kier alpha value is -3.74. The third kappa shape index (κ3) is 6.64. The van der Waals surface area contributed by atoms with Crippen molar-refractivity contribution in [3.8, 4) is 0 Å². The molecule has 2 aliphatic rings. The van der Waals surface area contributed by atoms with E-state index in [-0.39, 0.29) is 24.4 Å². The van der Waals surface area contributed by atoms with Gasteiger partial charge in [-0.3, -0.25) is 9.59 Å².